The molecule has 0 amide bonds. The monoisotopic (exact) mass is 309 g/mol. The van der Waals surface area contributed by atoms with E-state index in [0.29, 0.717) is 11.6 Å². The molecule has 0 fully saturated rings. The number of oxazole rings is 1. The van der Waals surface area contributed by atoms with Gasteiger partial charge in [-0.05, 0) is 6.92 Å². The van der Waals surface area contributed by atoms with Crippen LogP contribution in [0.15, 0.2) is 15.1 Å². The highest BCUT2D eigenvalue weighted by Crippen LogP contribution is 2.32. The lowest BCUT2D eigenvalue weighted by atomic mass is 9.94. The lowest BCUT2D eigenvalue weighted by molar-refractivity contribution is 0.362. The molecule has 2 rings (SSSR count). The van der Waals surface area contributed by atoms with Gasteiger partial charge in [-0.1, -0.05) is 39.8 Å². The van der Waals surface area contributed by atoms with Crippen molar-refractivity contribution in [1.82, 2.24) is 15.1 Å². The van der Waals surface area contributed by atoms with Crippen molar-refractivity contribution in [3.8, 4) is 0 Å². The quantitative estimate of drug-likeness (QED) is 0.811. The van der Waals surface area contributed by atoms with Crippen LogP contribution in [0.3, 0.4) is 0 Å². The van der Waals surface area contributed by atoms with Crippen molar-refractivity contribution in [3.05, 3.63) is 29.6 Å². The zero-order chi connectivity index (χ0) is 15.6. The summed E-state index contributed by atoms with van der Waals surface area (Å²) in [6.07, 6.45) is 1.82. The van der Waals surface area contributed by atoms with E-state index in [1.54, 1.807) is 11.8 Å². The fourth-order valence-electron chi connectivity index (χ4n) is 1.65. The predicted molar refractivity (Wildman–Crippen MR) is 83.3 cm³/mol. The lowest BCUT2D eigenvalue weighted by Crippen LogP contribution is -2.09. The van der Waals surface area contributed by atoms with Crippen molar-refractivity contribution in [2.75, 3.05) is 0 Å². The molecule has 116 valence electrons. The van der Waals surface area contributed by atoms with Crippen LogP contribution in [0, 0.1) is 0 Å². The highest BCUT2D eigenvalue weighted by atomic mass is 32.2. The molecule has 6 heteroatoms. The van der Waals surface area contributed by atoms with Gasteiger partial charge in [0.2, 0.25) is 11.8 Å². The minimum Gasteiger partial charge on any atom is -0.444 e. The predicted octanol–water partition coefficient (Wildman–Crippen LogP) is 4.47. The first-order chi connectivity index (χ1) is 9.77. The van der Waals surface area contributed by atoms with Gasteiger partial charge in [0, 0.05) is 11.3 Å². The molecule has 0 saturated heterocycles. The Balaban J connectivity index is 1.95. The Morgan fingerprint density at radius 3 is 2.43 bits per heavy atom. The van der Waals surface area contributed by atoms with Gasteiger partial charge in [-0.3, -0.25) is 0 Å². The largest absolute Gasteiger partial charge is 0.444 e. The Bertz CT molecular complexity index is 584. The van der Waals surface area contributed by atoms with Crippen molar-refractivity contribution in [1.29, 1.82) is 0 Å². The molecule has 0 aliphatic carbocycles. The van der Waals surface area contributed by atoms with Crippen molar-refractivity contribution in [3.63, 3.8) is 0 Å². The Kier molecular flexibility index (Phi) is 4.76. The third kappa shape index (κ3) is 4.09. The van der Waals surface area contributed by atoms with Crippen LogP contribution < -0.4 is 0 Å². The second-order valence-electron chi connectivity index (χ2n) is 6.47. The molecule has 0 saturated carbocycles. The van der Waals surface area contributed by atoms with Gasteiger partial charge in [0.05, 0.1) is 17.2 Å². The van der Waals surface area contributed by atoms with Gasteiger partial charge in [0.25, 0.3) is 0 Å². The average molecular weight is 309 g/mol. The Labute approximate surface area is 129 Å². The number of hydrogen-bond acceptors (Lipinski definition) is 6. The Morgan fingerprint density at radius 2 is 1.90 bits per heavy atom. The van der Waals surface area contributed by atoms with E-state index in [-0.39, 0.29) is 16.6 Å². The summed E-state index contributed by atoms with van der Waals surface area (Å²) in [5, 5.41) is 4.14. The van der Waals surface area contributed by atoms with Gasteiger partial charge < -0.3 is 8.94 Å². The van der Waals surface area contributed by atoms with Crippen LogP contribution >= 0.6 is 11.8 Å². The maximum Gasteiger partial charge on any atom is 0.229 e. The molecular formula is C15H23N3O2S. The smallest absolute Gasteiger partial charge is 0.229 e. The van der Waals surface area contributed by atoms with E-state index in [1.807, 2.05) is 20.0 Å². The molecule has 2 aromatic heterocycles. The summed E-state index contributed by atoms with van der Waals surface area (Å²) in [5.74, 6) is 4.01. The fraction of sp³-hybridized carbons (Fsp3) is 0.667. The summed E-state index contributed by atoms with van der Waals surface area (Å²) >= 11 is 1.69. The van der Waals surface area contributed by atoms with Crippen LogP contribution in [0.5, 0.6) is 0 Å². The average Bonchev–Trinajstić information content (AvgIpc) is 3.04. The van der Waals surface area contributed by atoms with Gasteiger partial charge in [0.15, 0.2) is 5.82 Å². The summed E-state index contributed by atoms with van der Waals surface area (Å²) in [6, 6.07) is 0. The van der Waals surface area contributed by atoms with E-state index in [0.717, 1.165) is 17.5 Å². The van der Waals surface area contributed by atoms with E-state index in [2.05, 4.69) is 42.8 Å². The maximum absolute atomic E-state index is 5.85. The zero-order valence-electron chi connectivity index (χ0n) is 13.5. The third-order valence-electron chi connectivity index (χ3n) is 3.05. The first-order valence-electron chi connectivity index (χ1n) is 7.17. The number of hydrogen-bond donors (Lipinski definition) is 0. The molecule has 0 aromatic carbocycles. The van der Waals surface area contributed by atoms with Gasteiger partial charge >= 0.3 is 0 Å². The van der Waals surface area contributed by atoms with Gasteiger partial charge in [-0.25, -0.2) is 4.98 Å². The molecule has 21 heavy (non-hydrogen) atoms. The van der Waals surface area contributed by atoms with Gasteiger partial charge in [0.1, 0.15) is 5.76 Å². The van der Waals surface area contributed by atoms with Crippen LogP contribution in [0.1, 0.15) is 76.1 Å². The molecule has 1 unspecified atom stereocenters. The van der Waals surface area contributed by atoms with E-state index < -0.39 is 0 Å². The molecule has 1 atom stereocenters. The molecule has 0 bridgehead atoms. The highest BCUT2D eigenvalue weighted by Gasteiger charge is 2.22. The molecule has 0 spiro atoms. The normalized spacial score (nSPS) is 13.9. The second-order valence-corrected chi connectivity index (χ2v) is 7.80. The van der Waals surface area contributed by atoms with Crippen LogP contribution in [-0.4, -0.2) is 15.1 Å². The van der Waals surface area contributed by atoms with Crippen LogP contribution in [0.4, 0.5) is 0 Å². The van der Waals surface area contributed by atoms with Crippen molar-refractivity contribution < 1.29 is 8.94 Å². The van der Waals surface area contributed by atoms with Crippen molar-refractivity contribution in [2.45, 2.75) is 63.9 Å². The van der Waals surface area contributed by atoms with Crippen LogP contribution in [0.2, 0.25) is 0 Å². The maximum atomic E-state index is 5.85. The number of rotatable bonds is 5. The first-order valence-corrected chi connectivity index (χ1v) is 8.22. The summed E-state index contributed by atoms with van der Waals surface area (Å²) in [4.78, 5) is 8.75. The zero-order valence-corrected chi connectivity index (χ0v) is 14.3. The lowest BCUT2D eigenvalue weighted by Gasteiger charge is -2.13. The van der Waals surface area contributed by atoms with E-state index in [4.69, 9.17) is 8.94 Å². The van der Waals surface area contributed by atoms with Crippen molar-refractivity contribution >= 4 is 11.8 Å². The minimum atomic E-state index is -0.0184. The van der Waals surface area contributed by atoms with Crippen LogP contribution in [-0.2, 0) is 11.2 Å². The molecule has 0 radical (unpaired) electrons. The molecule has 0 N–H and O–H groups in total. The molecular weight excluding hydrogens is 286 g/mol. The van der Waals surface area contributed by atoms with Gasteiger partial charge in [-0.15, -0.1) is 11.8 Å². The molecule has 5 nitrogen and oxygen atoms in total. The third-order valence-corrected chi connectivity index (χ3v) is 4.18. The summed E-state index contributed by atoms with van der Waals surface area (Å²) in [7, 11) is 0. The topological polar surface area (TPSA) is 65.0 Å². The highest BCUT2D eigenvalue weighted by molar-refractivity contribution is 7.98. The fourth-order valence-corrected chi connectivity index (χ4v) is 2.42. The van der Waals surface area contributed by atoms with Crippen LogP contribution in [0.25, 0.3) is 0 Å². The second kappa shape index (κ2) is 6.22. The van der Waals surface area contributed by atoms with Crippen molar-refractivity contribution in [2.24, 2.45) is 0 Å². The van der Waals surface area contributed by atoms with Gasteiger partial charge in [-0.2, -0.15) is 4.98 Å². The molecule has 0 aliphatic heterocycles. The number of aromatic nitrogens is 3. The minimum absolute atomic E-state index is 0.0184. The Morgan fingerprint density at radius 1 is 1.19 bits per heavy atom. The van der Waals surface area contributed by atoms with E-state index >= 15 is 0 Å². The standard InChI is InChI=1S/C15H23N3O2S/c1-9(2)13-17-12(18-20-13)8-21-10(3)14-16-7-11(19-14)15(4,5)6/h7,9-10H,8H2,1-6H3. The molecule has 2 aromatic rings. The number of nitrogens with zero attached hydrogens (tertiary/aromatic N) is 3. The summed E-state index contributed by atoms with van der Waals surface area (Å²) < 4.78 is 11.0. The van der Waals surface area contributed by atoms with E-state index in [1.165, 1.54) is 0 Å². The molecule has 0 aliphatic rings. The SMILES string of the molecule is CC(C)c1nc(CSC(C)c2ncc(C(C)(C)C)o2)no1. The Hall–Kier alpha value is -1.30. The first kappa shape index (κ1) is 16.1. The summed E-state index contributed by atoms with van der Waals surface area (Å²) in [6.45, 7) is 12.5. The number of thioether (sulfide) groups is 1. The van der Waals surface area contributed by atoms with E-state index in [9.17, 15) is 0 Å². The summed E-state index contributed by atoms with van der Waals surface area (Å²) in [5.41, 5.74) is -0.0184. The molecule has 2 heterocycles.